The van der Waals surface area contributed by atoms with Gasteiger partial charge in [-0.05, 0) is 25.3 Å². The maximum absolute atomic E-state index is 12.8. The Balaban J connectivity index is 0.00000364. The summed E-state index contributed by atoms with van der Waals surface area (Å²) in [6, 6.07) is 3.11. The topological polar surface area (TPSA) is 75.9 Å². The number of carbonyl (C=O) groups excluding carboxylic acids is 2. The third kappa shape index (κ3) is 5.66. The number of nitrogen functional groups attached to an aromatic ring is 1. The molecule has 0 aliphatic carbocycles. The van der Waals surface area contributed by atoms with Crippen LogP contribution in [0.4, 0.5) is 5.69 Å². The van der Waals surface area contributed by atoms with Crippen molar-refractivity contribution < 1.29 is 14.3 Å². The molecule has 1 heterocycles. The lowest BCUT2D eigenvalue weighted by atomic mass is 9.94. The van der Waals surface area contributed by atoms with E-state index in [0.29, 0.717) is 48.0 Å². The fraction of sp³-hybridized carbons (Fsp3) is 0.579. The summed E-state index contributed by atoms with van der Waals surface area (Å²) >= 11 is 6.07. The first-order valence-corrected chi connectivity index (χ1v) is 9.44. The Bertz CT molecular complexity index is 662. The molecule has 2 amide bonds. The Labute approximate surface area is 172 Å². The monoisotopic (exact) mass is 417 g/mol. The first-order chi connectivity index (χ1) is 12.4. The third-order valence-electron chi connectivity index (χ3n) is 4.90. The summed E-state index contributed by atoms with van der Waals surface area (Å²) in [5.74, 6) is 0.430. The van der Waals surface area contributed by atoms with Gasteiger partial charge in [0.1, 0.15) is 5.75 Å². The smallest absolute Gasteiger partial charge is 0.257 e. The number of halogens is 2. The SMILES string of the molecule is CCCCN(C)C(=O)C1CCN(C(=O)c2cc(Cl)c(N)cc2OC)CC1.Cl. The molecule has 1 aliphatic heterocycles. The van der Waals surface area contributed by atoms with E-state index in [1.54, 1.807) is 17.0 Å². The molecule has 1 aromatic rings. The fourth-order valence-corrected chi connectivity index (χ4v) is 3.39. The van der Waals surface area contributed by atoms with Crippen LogP contribution in [-0.2, 0) is 4.79 Å². The minimum absolute atomic E-state index is 0. The number of amides is 2. The van der Waals surface area contributed by atoms with E-state index in [4.69, 9.17) is 22.1 Å². The summed E-state index contributed by atoms with van der Waals surface area (Å²) in [4.78, 5) is 28.9. The van der Waals surface area contributed by atoms with E-state index < -0.39 is 0 Å². The van der Waals surface area contributed by atoms with Gasteiger partial charge in [-0.25, -0.2) is 0 Å². The van der Waals surface area contributed by atoms with Crippen molar-refractivity contribution in [3.05, 3.63) is 22.7 Å². The number of hydrogen-bond acceptors (Lipinski definition) is 4. The Morgan fingerprint density at radius 3 is 2.52 bits per heavy atom. The highest BCUT2D eigenvalue weighted by Gasteiger charge is 2.30. The van der Waals surface area contributed by atoms with Crippen molar-refractivity contribution in [2.75, 3.05) is 39.5 Å². The molecule has 0 spiro atoms. The Hall–Kier alpha value is -1.66. The normalized spacial score (nSPS) is 14.4. The minimum Gasteiger partial charge on any atom is -0.496 e. The number of anilines is 1. The number of benzene rings is 1. The van der Waals surface area contributed by atoms with Crippen molar-refractivity contribution in [2.45, 2.75) is 32.6 Å². The molecule has 0 atom stereocenters. The van der Waals surface area contributed by atoms with Crippen LogP contribution in [0.1, 0.15) is 43.0 Å². The maximum Gasteiger partial charge on any atom is 0.257 e. The zero-order valence-electron chi connectivity index (χ0n) is 16.2. The number of rotatable bonds is 6. The first kappa shape index (κ1) is 23.4. The minimum atomic E-state index is -0.144. The summed E-state index contributed by atoms with van der Waals surface area (Å²) < 4.78 is 5.27. The molecule has 2 N–H and O–H groups in total. The summed E-state index contributed by atoms with van der Waals surface area (Å²) in [7, 11) is 3.35. The van der Waals surface area contributed by atoms with E-state index >= 15 is 0 Å². The Morgan fingerprint density at radius 1 is 1.33 bits per heavy atom. The van der Waals surface area contributed by atoms with Crippen LogP contribution in [-0.4, -0.2) is 55.4 Å². The summed E-state index contributed by atoms with van der Waals surface area (Å²) in [5.41, 5.74) is 6.55. The lowest BCUT2D eigenvalue weighted by Crippen LogP contribution is -2.43. The third-order valence-corrected chi connectivity index (χ3v) is 5.23. The van der Waals surface area contributed by atoms with Crippen LogP contribution >= 0.6 is 24.0 Å². The van der Waals surface area contributed by atoms with Crippen LogP contribution in [0.5, 0.6) is 5.75 Å². The van der Waals surface area contributed by atoms with Gasteiger partial charge in [-0.15, -0.1) is 12.4 Å². The Kier molecular flexibility index (Phi) is 9.19. The van der Waals surface area contributed by atoms with E-state index in [2.05, 4.69) is 6.92 Å². The number of unbranched alkanes of at least 4 members (excludes halogenated alkanes) is 1. The zero-order chi connectivity index (χ0) is 19.3. The van der Waals surface area contributed by atoms with E-state index in [-0.39, 0.29) is 30.1 Å². The van der Waals surface area contributed by atoms with Gasteiger partial charge in [0, 0.05) is 38.7 Å². The van der Waals surface area contributed by atoms with E-state index in [9.17, 15) is 9.59 Å². The van der Waals surface area contributed by atoms with Crippen molar-refractivity contribution in [2.24, 2.45) is 5.92 Å². The Morgan fingerprint density at radius 2 is 1.96 bits per heavy atom. The largest absolute Gasteiger partial charge is 0.496 e. The molecular weight excluding hydrogens is 389 g/mol. The van der Waals surface area contributed by atoms with Gasteiger partial charge in [0.05, 0.1) is 23.4 Å². The van der Waals surface area contributed by atoms with E-state index in [1.807, 2.05) is 11.9 Å². The molecule has 2 rings (SSSR count). The van der Waals surface area contributed by atoms with Gasteiger partial charge in [-0.3, -0.25) is 9.59 Å². The molecule has 6 nitrogen and oxygen atoms in total. The molecule has 0 aromatic heterocycles. The van der Waals surface area contributed by atoms with Crippen LogP contribution in [0.15, 0.2) is 12.1 Å². The maximum atomic E-state index is 12.8. The van der Waals surface area contributed by atoms with Gasteiger partial charge in [0.2, 0.25) is 5.91 Å². The van der Waals surface area contributed by atoms with Crippen LogP contribution in [0, 0.1) is 5.92 Å². The van der Waals surface area contributed by atoms with Crippen molar-refractivity contribution in [1.82, 2.24) is 9.80 Å². The first-order valence-electron chi connectivity index (χ1n) is 9.06. The molecule has 0 unspecified atom stereocenters. The number of likely N-dealkylation sites (tertiary alicyclic amines) is 1. The molecule has 1 saturated heterocycles. The highest BCUT2D eigenvalue weighted by molar-refractivity contribution is 6.33. The number of nitrogens with zero attached hydrogens (tertiary/aromatic N) is 2. The highest BCUT2D eigenvalue weighted by Crippen LogP contribution is 2.31. The lowest BCUT2D eigenvalue weighted by Gasteiger charge is -2.33. The summed E-state index contributed by atoms with van der Waals surface area (Å²) in [5, 5.41) is 0.330. The number of carbonyl (C=O) groups is 2. The number of methoxy groups -OCH3 is 1. The standard InChI is InChI=1S/C19H28ClN3O3.ClH/c1-4-5-8-22(2)18(24)13-6-9-23(10-7-13)19(25)14-11-15(20)16(21)12-17(14)26-3;/h11-13H,4-10,21H2,1-3H3;1H. The number of ether oxygens (including phenoxy) is 1. The van der Waals surface area contributed by atoms with Gasteiger partial charge in [0.15, 0.2) is 0 Å². The van der Waals surface area contributed by atoms with Crippen molar-refractivity contribution in [1.29, 1.82) is 0 Å². The zero-order valence-corrected chi connectivity index (χ0v) is 17.7. The average molecular weight is 418 g/mol. The number of nitrogens with two attached hydrogens (primary N) is 1. The summed E-state index contributed by atoms with van der Waals surface area (Å²) in [6.45, 7) is 3.99. The second-order valence-corrected chi connectivity index (χ2v) is 7.16. The van der Waals surface area contributed by atoms with Crippen LogP contribution in [0.25, 0.3) is 0 Å². The lowest BCUT2D eigenvalue weighted by molar-refractivity contribution is -0.135. The number of hydrogen-bond donors (Lipinski definition) is 1. The molecule has 0 radical (unpaired) electrons. The molecular formula is C19H29Cl2N3O3. The van der Waals surface area contributed by atoms with Crippen molar-refractivity contribution in [3.8, 4) is 5.75 Å². The van der Waals surface area contributed by atoms with Crippen molar-refractivity contribution in [3.63, 3.8) is 0 Å². The molecule has 1 aromatic carbocycles. The molecule has 152 valence electrons. The second-order valence-electron chi connectivity index (χ2n) is 6.75. The van der Waals surface area contributed by atoms with Crippen molar-refractivity contribution >= 4 is 41.5 Å². The van der Waals surface area contributed by atoms with Gasteiger partial charge < -0.3 is 20.3 Å². The molecule has 8 heteroatoms. The highest BCUT2D eigenvalue weighted by atomic mass is 35.5. The second kappa shape index (κ2) is 10.6. The summed E-state index contributed by atoms with van der Waals surface area (Å²) in [6.07, 6.45) is 3.42. The van der Waals surface area contributed by atoms with Gasteiger partial charge in [-0.2, -0.15) is 0 Å². The van der Waals surface area contributed by atoms with Crippen LogP contribution in [0.3, 0.4) is 0 Å². The van der Waals surface area contributed by atoms with Crippen LogP contribution < -0.4 is 10.5 Å². The van der Waals surface area contributed by atoms with Crippen LogP contribution in [0.2, 0.25) is 5.02 Å². The number of piperidine rings is 1. The molecule has 1 aliphatic rings. The fourth-order valence-electron chi connectivity index (χ4n) is 3.22. The molecule has 27 heavy (non-hydrogen) atoms. The van der Waals surface area contributed by atoms with Gasteiger partial charge in [-0.1, -0.05) is 24.9 Å². The quantitative estimate of drug-likeness (QED) is 0.718. The predicted octanol–water partition coefficient (Wildman–Crippen LogP) is 3.46. The van der Waals surface area contributed by atoms with Gasteiger partial charge >= 0.3 is 0 Å². The van der Waals surface area contributed by atoms with E-state index in [1.165, 1.54) is 7.11 Å². The molecule has 1 fully saturated rings. The van der Waals surface area contributed by atoms with E-state index in [0.717, 1.165) is 19.4 Å². The average Bonchev–Trinajstić information content (AvgIpc) is 2.66. The van der Waals surface area contributed by atoms with Gasteiger partial charge in [0.25, 0.3) is 5.91 Å². The predicted molar refractivity (Wildman–Crippen MR) is 111 cm³/mol. The molecule has 0 bridgehead atoms. The molecule has 0 saturated carbocycles.